The summed E-state index contributed by atoms with van der Waals surface area (Å²) in [6.45, 7) is 23.7. The van der Waals surface area contributed by atoms with Crippen LogP contribution in [0.15, 0.2) is 23.4 Å². The van der Waals surface area contributed by atoms with Crippen molar-refractivity contribution >= 4 is 11.6 Å². The highest BCUT2D eigenvalue weighted by Gasteiger charge is 2.69. The highest BCUT2D eigenvalue weighted by Crippen LogP contribution is 2.75. The molecule has 5 aliphatic carbocycles. The standard InChI is InChI=1S/C33H47NO3/c1-28(2)13-15-33(11-9-17-35)16-14-32(7)26(21(33)19-28)23(36)18-25-30(5)20-22(34-8)27(37)29(3,4)24(30)10-12-31(25,32)6/h18,20-21,24,26,35H,9-17,19H2,1-7H3/t21-,24-,26-,30-,31+,32+,33+/m0/s1. The van der Waals surface area contributed by atoms with Gasteiger partial charge in [-0.2, -0.15) is 0 Å². The zero-order valence-corrected chi connectivity index (χ0v) is 24.2. The number of hydrogen-bond donors (Lipinski definition) is 1. The molecule has 202 valence electrons. The molecule has 0 amide bonds. The van der Waals surface area contributed by atoms with E-state index in [0.717, 1.165) is 51.4 Å². The second-order valence-corrected chi connectivity index (χ2v) is 15.4. The Morgan fingerprint density at radius 1 is 1.00 bits per heavy atom. The molecule has 37 heavy (non-hydrogen) atoms. The molecule has 0 aromatic heterocycles. The monoisotopic (exact) mass is 505 g/mol. The molecule has 0 saturated heterocycles. The van der Waals surface area contributed by atoms with Gasteiger partial charge in [0.15, 0.2) is 11.6 Å². The fourth-order valence-electron chi connectivity index (χ4n) is 10.6. The third-order valence-electron chi connectivity index (χ3n) is 12.9. The lowest BCUT2D eigenvalue weighted by molar-refractivity contribution is -0.173. The summed E-state index contributed by atoms with van der Waals surface area (Å²) in [5, 5.41) is 9.73. The summed E-state index contributed by atoms with van der Waals surface area (Å²) in [6, 6.07) is 0. The second-order valence-electron chi connectivity index (χ2n) is 15.4. The van der Waals surface area contributed by atoms with E-state index in [1.165, 1.54) is 12.0 Å². The Morgan fingerprint density at radius 2 is 1.68 bits per heavy atom. The van der Waals surface area contributed by atoms with Gasteiger partial charge in [0.25, 0.3) is 0 Å². The number of carbonyl (C=O) groups is 2. The van der Waals surface area contributed by atoms with Crippen molar-refractivity contribution in [1.82, 2.24) is 0 Å². The minimum atomic E-state index is -0.619. The van der Waals surface area contributed by atoms with E-state index in [9.17, 15) is 14.7 Å². The van der Waals surface area contributed by atoms with E-state index < -0.39 is 10.8 Å². The summed E-state index contributed by atoms with van der Waals surface area (Å²) in [6.07, 6.45) is 13.3. The van der Waals surface area contributed by atoms with Gasteiger partial charge < -0.3 is 9.90 Å². The van der Waals surface area contributed by atoms with Crippen molar-refractivity contribution in [2.75, 3.05) is 6.61 Å². The zero-order valence-electron chi connectivity index (χ0n) is 24.2. The quantitative estimate of drug-likeness (QED) is 0.409. The SMILES string of the molecule is [C-]#[N+]C1=C[C@]2(C)C3=CC(=O)[C@@H]4[C@@H]5CC(C)(C)CC[C@]5(CCCO)CC[C@@]4(C)[C@]3(C)CC[C@H]2C(C)(C)C1=O. The maximum atomic E-state index is 14.4. The molecule has 0 unspecified atom stereocenters. The summed E-state index contributed by atoms with van der Waals surface area (Å²) in [7, 11) is 0. The van der Waals surface area contributed by atoms with Crippen LogP contribution in [-0.4, -0.2) is 23.3 Å². The van der Waals surface area contributed by atoms with E-state index >= 15 is 0 Å². The van der Waals surface area contributed by atoms with Gasteiger partial charge in [-0.25, -0.2) is 4.85 Å². The van der Waals surface area contributed by atoms with Gasteiger partial charge in [-0.3, -0.25) is 4.79 Å². The molecule has 0 bridgehead atoms. The summed E-state index contributed by atoms with van der Waals surface area (Å²) in [5.41, 5.74) is 0.409. The van der Waals surface area contributed by atoms with Gasteiger partial charge in [-0.05, 0) is 97.4 Å². The van der Waals surface area contributed by atoms with Crippen LogP contribution in [0.3, 0.4) is 0 Å². The highest BCUT2D eigenvalue weighted by molar-refractivity contribution is 6.03. The van der Waals surface area contributed by atoms with Crippen LogP contribution in [0.2, 0.25) is 0 Å². The van der Waals surface area contributed by atoms with Crippen molar-refractivity contribution in [3.8, 4) is 0 Å². The Morgan fingerprint density at radius 3 is 2.32 bits per heavy atom. The lowest BCUT2D eigenvalue weighted by atomic mass is 9.34. The molecule has 0 heterocycles. The number of allylic oxidation sites excluding steroid dienone is 4. The second kappa shape index (κ2) is 8.14. The molecule has 5 aliphatic rings. The molecule has 1 N–H and O–H groups in total. The van der Waals surface area contributed by atoms with Gasteiger partial charge in [0.1, 0.15) is 0 Å². The van der Waals surface area contributed by atoms with E-state index in [1.807, 2.05) is 26.0 Å². The first-order valence-corrected chi connectivity index (χ1v) is 14.6. The number of nitrogens with zero attached hydrogens (tertiary/aromatic N) is 1. The van der Waals surface area contributed by atoms with Crippen LogP contribution in [0.5, 0.6) is 0 Å². The molecule has 0 aromatic rings. The van der Waals surface area contributed by atoms with Crippen LogP contribution < -0.4 is 0 Å². The molecule has 0 aromatic carbocycles. The Labute approximate surface area is 224 Å². The Hall–Kier alpha value is -1.73. The predicted molar refractivity (Wildman–Crippen MR) is 146 cm³/mol. The van der Waals surface area contributed by atoms with E-state index in [0.29, 0.717) is 5.92 Å². The average Bonchev–Trinajstić information content (AvgIpc) is 2.82. The summed E-state index contributed by atoms with van der Waals surface area (Å²) in [4.78, 5) is 31.3. The molecule has 4 nitrogen and oxygen atoms in total. The Kier molecular flexibility index (Phi) is 5.91. The normalized spacial score (nSPS) is 45.9. The first-order chi connectivity index (χ1) is 17.1. The summed E-state index contributed by atoms with van der Waals surface area (Å²) < 4.78 is 0. The van der Waals surface area contributed by atoms with Gasteiger partial charge in [0.2, 0.25) is 5.70 Å². The van der Waals surface area contributed by atoms with Crippen LogP contribution in [0.1, 0.15) is 106 Å². The number of fused-ring (bicyclic) bond motifs is 7. The van der Waals surface area contributed by atoms with Crippen molar-refractivity contribution in [2.45, 2.75) is 106 Å². The van der Waals surface area contributed by atoms with Gasteiger partial charge in [0.05, 0.1) is 6.57 Å². The van der Waals surface area contributed by atoms with Gasteiger partial charge in [0, 0.05) is 23.4 Å². The smallest absolute Gasteiger partial charge is 0.226 e. The third-order valence-corrected chi connectivity index (χ3v) is 12.9. The molecular weight excluding hydrogens is 458 g/mol. The minimum Gasteiger partial charge on any atom is -0.396 e. The van der Waals surface area contributed by atoms with Crippen LogP contribution >= 0.6 is 0 Å². The van der Waals surface area contributed by atoms with E-state index in [4.69, 9.17) is 6.57 Å². The third kappa shape index (κ3) is 3.41. The maximum absolute atomic E-state index is 14.4. The van der Waals surface area contributed by atoms with Crippen molar-refractivity contribution in [2.24, 2.45) is 50.2 Å². The van der Waals surface area contributed by atoms with Gasteiger partial charge >= 0.3 is 0 Å². The summed E-state index contributed by atoms with van der Waals surface area (Å²) >= 11 is 0. The van der Waals surface area contributed by atoms with Crippen molar-refractivity contribution in [1.29, 1.82) is 0 Å². The first-order valence-electron chi connectivity index (χ1n) is 14.6. The van der Waals surface area contributed by atoms with Crippen LogP contribution in [0.4, 0.5) is 0 Å². The first kappa shape index (κ1) is 26.9. The number of aliphatic hydroxyl groups is 1. The highest BCUT2D eigenvalue weighted by atomic mass is 16.3. The number of aliphatic hydroxyl groups excluding tert-OH is 1. The van der Waals surface area contributed by atoms with Gasteiger partial charge in [-0.1, -0.05) is 60.1 Å². The molecule has 4 heteroatoms. The maximum Gasteiger partial charge on any atom is 0.226 e. The molecule has 0 spiro atoms. The molecule has 3 saturated carbocycles. The number of rotatable bonds is 3. The average molecular weight is 506 g/mol. The summed E-state index contributed by atoms with van der Waals surface area (Å²) in [5.74, 6) is 0.659. The fourth-order valence-corrected chi connectivity index (χ4v) is 10.6. The predicted octanol–water partition coefficient (Wildman–Crippen LogP) is 7.33. The van der Waals surface area contributed by atoms with E-state index in [2.05, 4.69) is 39.5 Å². The van der Waals surface area contributed by atoms with Crippen LogP contribution in [0.25, 0.3) is 4.85 Å². The molecule has 5 rings (SSSR count). The molecule has 7 atom stereocenters. The lowest BCUT2D eigenvalue weighted by Gasteiger charge is -2.69. The fraction of sp³-hybridized carbons (Fsp3) is 0.788. The van der Waals surface area contributed by atoms with Crippen molar-refractivity contribution < 1.29 is 14.7 Å². The molecule has 0 radical (unpaired) electrons. The number of ketones is 2. The van der Waals surface area contributed by atoms with Crippen molar-refractivity contribution in [3.05, 3.63) is 34.8 Å². The topological polar surface area (TPSA) is 58.7 Å². The van der Waals surface area contributed by atoms with Crippen LogP contribution in [-0.2, 0) is 9.59 Å². The molecule has 0 aliphatic heterocycles. The van der Waals surface area contributed by atoms with E-state index in [1.54, 1.807) is 0 Å². The Balaban J connectivity index is 1.67. The Bertz CT molecular complexity index is 1140. The zero-order chi connectivity index (χ0) is 27.2. The number of hydrogen-bond acceptors (Lipinski definition) is 3. The molecular formula is C33H47NO3. The lowest BCUT2D eigenvalue weighted by Crippen LogP contribution is -2.64. The number of Topliss-reactive ketones (excluding diaryl/α,β-unsaturated/α-hetero) is 1. The molecule has 3 fully saturated rings. The van der Waals surface area contributed by atoms with Crippen LogP contribution in [0, 0.1) is 56.8 Å². The largest absolute Gasteiger partial charge is 0.396 e. The van der Waals surface area contributed by atoms with Crippen molar-refractivity contribution in [3.63, 3.8) is 0 Å². The minimum absolute atomic E-state index is 0.00374. The number of carbonyl (C=O) groups excluding carboxylic acids is 2. The van der Waals surface area contributed by atoms with Gasteiger partial charge in [-0.15, -0.1) is 0 Å². The van der Waals surface area contributed by atoms with E-state index in [-0.39, 0.29) is 57.4 Å².